The Morgan fingerprint density at radius 3 is 2.32 bits per heavy atom. The maximum absolute atomic E-state index is 12.0. The number of nitrogens with zero attached hydrogens (tertiary/aromatic N) is 2. The number of nitrogens with two attached hydrogens (primary N) is 1. The molecule has 2 aliphatic heterocycles. The average Bonchev–Trinajstić information content (AvgIpc) is 2.85. The highest BCUT2D eigenvalue weighted by Crippen LogP contribution is 2.30. The molecule has 25 heavy (non-hydrogen) atoms. The lowest BCUT2D eigenvalue weighted by atomic mass is 10.1. The van der Waals surface area contributed by atoms with E-state index in [0.717, 1.165) is 25.9 Å². The standard InChI is InChI=1S/C18H25N3O3.ClH/c1-2-17(22)21-15-7-8-16(21)12-20(11-15)9-10-24-18(23)13-3-5-14(19)6-4-13;/h3-6,15-16H,2,7-12,19H2,1H3;1H. The Balaban J connectivity index is 0.00000225. The first-order valence-electron chi connectivity index (χ1n) is 8.64. The van der Waals surface area contributed by atoms with E-state index in [-0.39, 0.29) is 24.3 Å². The van der Waals surface area contributed by atoms with Crippen molar-refractivity contribution in [3.8, 4) is 0 Å². The average molecular weight is 368 g/mol. The van der Waals surface area contributed by atoms with Crippen LogP contribution in [0.1, 0.15) is 36.5 Å². The number of likely N-dealkylation sites (tertiary alicyclic amines) is 1. The molecule has 2 unspecified atom stereocenters. The van der Waals surface area contributed by atoms with Crippen LogP contribution in [0.3, 0.4) is 0 Å². The van der Waals surface area contributed by atoms with Crippen molar-refractivity contribution in [2.24, 2.45) is 0 Å². The molecule has 2 atom stereocenters. The molecule has 0 aromatic heterocycles. The van der Waals surface area contributed by atoms with Gasteiger partial charge in [-0.05, 0) is 37.1 Å². The number of amides is 1. The maximum Gasteiger partial charge on any atom is 0.338 e. The fourth-order valence-corrected chi connectivity index (χ4v) is 3.73. The highest BCUT2D eigenvalue weighted by Gasteiger charge is 2.41. The second-order valence-corrected chi connectivity index (χ2v) is 6.56. The van der Waals surface area contributed by atoms with Crippen LogP contribution in [0.4, 0.5) is 5.69 Å². The number of rotatable bonds is 5. The number of anilines is 1. The van der Waals surface area contributed by atoms with Crippen molar-refractivity contribution in [3.63, 3.8) is 0 Å². The minimum Gasteiger partial charge on any atom is -0.461 e. The Hall–Kier alpha value is -1.79. The van der Waals surface area contributed by atoms with Crippen molar-refractivity contribution in [2.75, 3.05) is 32.0 Å². The summed E-state index contributed by atoms with van der Waals surface area (Å²) in [5, 5.41) is 0. The minimum absolute atomic E-state index is 0. The summed E-state index contributed by atoms with van der Waals surface area (Å²) in [5.41, 5.74) is 6.75. The van der Waals surface area contributed by atoms with Crippen molar-refractivity contribution in [2.45, 2.75) is 38.3 Å². The van der Waals surface area contributed by atoms with E-state index < -0.39 is 0 Å². The Labute approximate surface area is 154 Å². The van der Waals surface area contributed by atoms with Crippen molar-refractivity contribution < 1.29 is 14.3 Å². The van der Waals surface area contributed by atoms with Gasteiger partial charge in [-0.1, -0.05) is 6.92 Å². The van der Waals surface area contributed by atoms with E-state index in [4.69, 9.17) is 10.5 Å². The molecule has 6 nitrogen and oxygen atoms in total. The normalized spacial score (nSPS) is 22.4. The molecule has 0 spiro atoms. The molecule has 138 valence electrons. The van der Waals surface area contributed by atoms with Gasteiger partial charge in [0.15, 0.2) is 0 Å². The third kappa shape index (κ3) is 4.44. The summed E-state index contributed by atoms with van der Waals surface area (Å²) in [7, 11) is 0. The molecule has 1 amide bonds. The number of benzene rings is 1. The minimum atomic E-state index is -0.322. The lowest BCUT2D eigenvalue weighted by Gasteiger charge is -2.41. The molecule has 2 saturated heterocycles. The van der Waals surface area contributed by atoms with Crippen LogP contribution in [0.2, 0.25) is 0 Å². The number of fused-ring (bicyclic) bond motifs is 2. The van der Waals surface area contributed by atoms with Crippen LogP contribution in [0.15, 0.2) is 24.3 Å². The van der Waals surface area contributed by atoms with Gasteiger partial charge in [0, 0.05) is 43.8 Å². The SMILES string of the molecule is CCC(=O)N1C2CCC1CN(CCOC(=O)c1ccc(N)cc1)C2.Cl. The van der Waals surface area contributed by atoms with E-state index in [0.29, 0.717) is 42.9 Å². The topological polar surface area (TPSA) is 75.9 Å². The Kier molecular flexibility index (Phi) is 6.67. The highest BCUT2D eigenvalue weighted by molar-refractivity contribution is 5.89. The van der Waals surface area contributed by atoms with Crippen LogP contribution in [0.5, 0.6) is 0 Å². The number of hydrogen-bond acceptors (Lipinski definition) is 5. The van der Waals surface area contributed by atoms with Crippen molar-refractivity contribution in [1.82, 2.24) is 9.80 Å². The molecule has 2 fully saturated rings. The summed E-state index contributed by atoms with van der Waals surface area (Å²) < 4.78 is 5.36. The van der Waals surface area contributed by atoms with Crippen molar-refractivity contribution in [3.05, 3.63) is 29.8 Å². The lowest BCUT2D eigenvalue weighted by Crippen LogP contribution is -2.56. The largest absolute Gasteiger partial charge is 0.461 e. The number of ether oxygens (including phenoxy) is 1. The molecule has 7 heteroatoms. The molecule has 2 aliphatic rings. The Bertz CT molecular complexity index is 594. The van der Waals surface area contributed by atoms with Gasteiger partial charge in [-0.25, -0.2) is 4.79 Å². The summed E-state index contributed by atoms with van der Waals surface area (Å²) in [5.74, 6) is -0.0605. The zero-order valence-electron chi connectivity index (χ0n) is 14.5. The predicted octanol–water partition coefficient (Wildman–Crippen LogP) is 1.93. The third-order valence-electron chi connectivity index (χ3n) is 4.94. The molecule has 2 N–H and O–H groups in total. The van der Waals surface area contributed by atoms with Gasteiger partial charge < -0.3 is 15.4 Å². The van der Waals surface area contributed by atoms with Crippen LogP contribution < -0.4 is 5.73 Å². The van der Waals surface area contributed by atoms with Gasteiger partial charge in [0.25, 0.3) is 0 Å². The third-order valence-corrected chi connectivity index (χ3v) is 4.94. The number of nitrogen functional groups attached to an aromatic ring is 1. The monoisotopic (exact) mass is 367 g/mol. The number of hydrogen-bond donors (Lipinski definition) is 1. The fraction of sp³-hybridized carbons (Fsp3) is 0.556. The van der Waals surface area contributed by atoms with E-state index in [9.17, 15) is 9.59 Å². The highest BCUT2D eigenvalue weighted by atomic mass is 35.5. The molecular weight excluding hydrogens is 342 g/mol. The van der Waals surface area contributed by atoms with Crippen molar-refractivity contribution >= 4 is 30.0 Å². The van der Waals surface area contributed by atoms with Crippen LogP contribution in [-0.2, 0) is 9.53 Å². The zero-order valence-corrected chi connectivity index (χ0v) is 15.3. The second-order valence-electron chi connectivity index (χ2n) is 6.56. The van der Waals surface area contributed by atoms with E-state index in [2.05, 4.69) is 9.80 Å². The summed E-state index contributed by atoms with van der Waals surface area (Å²) >= 11 is 0. The fourth-order valence-electron chi connectivity index (χ4n) is 3.73. The number of esters is 1. The number of carbonyl (C=O) groups excluding carboxylic acids is 2. The quantitative estimate of drug-likeness (QED) is 0.635. The van der Waals surface area contributed by atoms with E-state index in [1.807, 2.05) is 6.92 Å². The van der Waals surface area contributed by atoms with E-state index in [1.165, 1.54) is 0 Å². The smallest absolute Gasteiger partial charge is 0.338 e. The number of carbonyl (C=O) groups is 2. The second kappa shape index (κ2) is 8.54. The van der Waals surface area contributed by atoms with Gasteiger partial charge in [-0.2, -0.15) is 0 Å². The molecule has 1 aromatic rings. The molecule has 1 aromatic carbocycles. The molecule has 2 heterocycles. The lowest BCUT2D eigenvalue weighted by molar-refractivity contribution is -0.136. The molecular formula is C18H26ClN3O3. The van der Waals surface area contributed by atoms with Crippen molar-refractivity contribution in [1.29, 1.82) is 0 Å². The zero-order chi connectivity index (χ0) is 17.1. The Morgan fingerprint density at radius 2 is 1.76 bits per heavy atom. The van der Waals surface area contributed by atoms with Gasteiger partial charge in [0.05, 0.1) is 5.56 Å². The van der Waals surface area contributed by atoms with Crippen LogP contribution >= 0.6 is 12.4 Å². The first kappa shape index (κ1) is 19.5. The first-order chi connectivity index (χ1) is 11.6. The number of piperazine rings is 1. The molecule has 3 rings (SSSR count). The molecule has 2 bridgehead atoms. The van der Waals surface area contributed by atoms with E-state index >= 15 is 0 Å². The van der Waals surface area contributed by atoms with Crippen LogP contribution in [0, 0.1) is 0 Å². The summed E-state index contributed by atoms with van der Waals surface area (Å²) in [6.07, 6.45) is 2.74. The van der Waals surface area contributed by atoms with Gasteiger partial charge in [-0.15, -0.1) is 12.4 Å². The summed E-state index contributed by atoms with van der Waals surface area (Å²) in [6, 6.07) is 7.38. The van der Waals surface area contributed by atoms with Gasteiger partial charge in [0.1, 0.15) is 6.61 Å². The Morgan fingerprint density at radius 1 is 1.16 bits per heavy atom. The number of halogens is 1. The summed E-state index contributed by atoms with van der Waals surface area (Å²) in [6.45, 7) is 4.75. The van der Waals surface area contributed by atoms with E-state index in [1.54, 1.807) is 24.3 Å². The molecule has 0 saturated carbocycles. The van der Waals surface area contributed by atoms with Crippen LogP contribution in [0.25, 0.3) is 0 Å². The predicted molar refractivity (Wildman–Crippen MR) is 98.8 cm³/mol. The van der Waals surface area contributed by atoms with Gasteiger partial charge in [0.2, 0.25) is 5.91 Å². The first-order valence-corrected chi connectivity index (χ1v) is 8.64. The summed E-state index contributed by atoms with van der Waals surface area (Å²) in [4.78, 5) is 28.4. The van der Waals surface area contributed by atoms with Crippen LogP contribution in [-0.4, -0.2) is 60.0 Å². The maximum atomic E-state index is 12.0. The van der Waals surface area contributed by atoms with Gasteiger partial charge in [-0.3, -0.25) is 9.69 Å². The molecule has 0 aliphatic carbocycles. The molecule has 0 radical (unpaired) electrons. The van der Waals surface area contributed by atoms with Gasteiger partial charge >= 0.3 is 5.97 Å².